The number of hydrazine groups is 1. The average Bonchev–Trinajstić information content (AvgIpc) is 3.05. The number of carbonyl (C=O) groups excluding carboxylic acids is 2. The maximum absolute atomic E-state index is 13.3. The Morgan fingerprint density at radius 1 is 1.10 bits per heavy atom. The average molecular weight is 437 g/mol. The Hall–Kier alpha value is -3.51. The van der Waals surface area contributed by atoms with Crippen molar-refractivity contribution in [3.8, 4) is 0 Å². The van der Waals surface area contributed by atoms with Crippen molar-refractivity contribution in [3.63, 3.8) is 0 Å². The monoisotopic (exact) mass is 436 g/mol. The number of hydrogen-bond donors (Lipinski definition) is 2. The summed E-state index contributed by atoms with van der Waals surface area (Å²) < 4.78 is 14.9. The van der Waals surface area contributed by atoms with Gasteiger partial charge in [0, 0.05) is 21.7 Å². The number of nitrogens with one attached hydrogen (secondary N) is 2. The lowest BCUT2D eigenvalue weighted by Gasteiger charge is -2.15. The molecule has 0 radical (unpaired) electrons. The van der Waals surface area contributed by atoms with Crippen LogP contribution in [0.4, 0.5) is 4.39 Å². The second-order valence-corrected chi connectivity index (χ2v) is 7.82. The number of benzene rings is 3. The molecular weight excluding hydrogens is 417 g/mol. The third-order valence-corrected chi connectivity index (χ3v) is 5.33. The molecule has 3 aromatic rings. The van der Waals surface area contributed by atoms with Crippen LogP contribution in [0.15, 0.2) is 72.8 Å². The van der Waals surface area contributed by atoms with Gasteiger partial charge in [-0.05, 0) is 55.5 Å². The van der Waals surface area contributed by atoms with Crippen LogP contribution >= 0.6 is 11.6 Å². The van der Waals surface area contributed by atoms with E-state index in [1.165, 1.54) is 12.1 Å². The van der Waals surface area contributed by atoms with E-state index in [1.54, 1.807) is 53.4 Å². The van der Waals surface area contributed by atoms with Crippen LogP contribution in [0.5, 0.6) is 0 Å². The number of aryl methyl sites for hydroxylation is 1. The second-order valence-electron chi connectivity index (χ2n) is 7.38. The quantitative estimate of drug-likeness (QED) is 0.611. The zero-order valence-electron chi connectivity index (χ0n) is 16.7. The highest BCUT2D eigenvalue weighted by molar-refractivity contribution is 6.30. The van der Waals surface area contributed by atoms with Gasteiger partial charge in [-0.2, -0.15) is 0 Å². The highest BCUT2D eigenvalue weighted by atomic mass is 35.5. The normalized spacial score (nSPS) is 19.3. The van der Waals surface area contributed by atoms with Crippen molar-refractivity contribution in [2.45, 2.75) is 19.0 Å². The van der Waals surface area contributed by atoms with Crippen molar-refractivity contribution in [1.82, 2.24) is 10.7 Å². The Balaban J connectivity index is 1.70. The molecular formula is C24H20ClFN3O2+. The second kappa shape index (κ2) is 8.70. The van der Waals surface area contributed by atoms with E-state index in [0.29, 0.717) is 16.1 Å². The van der Waals surface area contributed by atoms with Crippen molar-refractivity contribution in [1.29, 1.82) is 0 Å². The molecule has 2 amide bonds. The van der Waals surface area contributed by atoms with Crippen molar-refractivity contribution >= 4 is 29.6 Å². The standard InChI is InChI=1S/C24H19ClFN3O2/c1-15-3-2-4-18(13-15)23(30)27-21-22(17-7-9-19(25)10-8-17)29(28-24(21)31)14-16-5-11-20(26)12-6-16/h2-14,21-22H,1H3,(H-,27,28,30,31)/p+1/b29-14-/t21-,22-/m0/s1. The summed E-state index contributed by atoms with van der Waals surface area (Å²) in [5.74, 6) is -1.04. The van der Waals surface area contributed by atoms with Gasteiger partial charge < -0.3 is 5.32 Å². The van der Waals surface area contributed by atoms with Crippen molar-refractivity contribution < 1.29 is 18.7 Å². The molecule has 0 aliphatic carbocycles. The van der Waals surface area contributed by atoms with E-state index >= 15 is 0 Å². The summed E-state index contributed by atoms with van der Waals surface area (Å²) in [7, 11) is 0. The van der Waals surface area contributed by atoms with Gasteiger partial charge in [-0.25, -0.2) is 4.39 Å². The van der Waals surface area contributed by atoms with E-state index in [2.05, 4.69) is 10.7 Å². The molecule has 3 aromatic carbocycles. The molecule has 2 atom stereocenters. The summed E-state index contributed by atoms with van der Waals surface area (Å²) in [6.07, 6.45) is 1.70. The minimum absolute atomic E-state index is 0.341. The summed E-state index contributed by atoms with van der Waals surface area (Å²) in [5, 5.41) is 3.42. The fraction of sp³-hybridized carbons (Fsp3) is 0.125. The van der Waals surface area contributed by atoms with Gasteiger partial charge in [0.1, 0.15) is 5.82 Å². The largest absolute Gasteiger partial charge is 0.334 e. The Labute approximate surface area is 184 Å². The molecule has 4 rings (SSSR count). The van der Waals surface area contributed by atoms with Gasteiger partial charge in [0.15, 0.2) is 6.04 Å². The molecule has 0 saturated carbocycles. The summed E-state index contributed by atoms with van der Waals surface area (Å²) >= 11 is 6.03. The SMILES string of the molecule is Cc1cccc(C(=O)N[C@@H]2C(=O)N/[N+](=C\c3ccc(F)cc3)[C@H]2c2ccc(Cl)cc2)c1. The van der Waals surface area contributed by atoms with Gasteiger partial charge in [-0.3, -0.25) is 9.59 Å². The number of carbonyl (C=O) groups is 2. The van der Waals surface area contributed by atoms with E-state index in [-0.39, 0.29) is 17.6 Å². The maximum Gasteiger partial charge on any atom is 0.304 e. The fourth-order valence-electron chi connectivity index (χ4n) is 3.56. The molecule has 7 heteroatoms. The highest BCUT2D eigenvalue weighted by Crippen LogP contribution is 2.27. The van der Waals surface area contributed by atoms with Crippen LogP contribution < -0.4 is 10.7 Å². The molecule has 31 heavy (non-hydrogen) atoms. The van der Waals surface area contributed by atoms with Crippen LogP contribution in [-0.4, -0.2) is 28.8 Å². The summed E-state index contributed by atoms with van der Waals surface area (Å²) in [4.78, 5) is 25.7. The summed E-state index contributed by atoms with van der Waals surface area (Å²) in [5.41, 5.74) is 5.71. The van der Waals surface area contributed by atoms with Crippen LogP contribution in [0.1, 0.15) is 33.1 Å². The van der Waals surface area contributed by atoms with Crippen LogP contribution in [-0.2, 0) is 4.79 Å². The van der Waals surface area contributed by atoms with Crippen LogP contribution in [0.25, 0.3) is 0 Å². The van der Waals surface area contributed by atoms with Crippen LogP contribution in [0, 0.1) is 12.7 Å². The Kier molecular flexibility index (Phi) is 5.82. The molecule has 0 bridgehead atoms. The predicted molar refractivity (Wildman–Crippen MR) is 117 cm³/mol. The zero-order valence-corrected chi connectivity index (χ0v) is 17.4. The molecule has 1 saturated heterocycles. The molecule has 1 aliphatic heterocycles. The van der Waals surface area contributed by atoms with Gasteiger partial charge in [0.05, 0.1) is 0 Å². The molecule has 1 aliphatic rings. The van der Waals surface area contributed by atoms with Gasteiger partial charge in [0.25, 0.3) is 5.91 Å². The van der Waals surface area contributed by atoms with E-state index < -0.39 is 12.1 Å². The molecule has 0 aromatic heterocycles. The highest BCUT2D eigenvalue weighted by Gasteiger charge is 2.47. The maximum atomic E-state index is 13.3. The molecule has 0 spiro atoms. The Bertz CT molecular complexity index is 1160. The smallest absolute Gasteiger partial charge is 0.304 e. The minimum atomic E-state index is -0.842. The first-order valence-corrected chi connectivity index (χ1v) is 10.1. The third-order valence-electron chi connectivity index (χ3n) is 5.07. The van der Waals surface area contributed by atoms with Crippen molar-refractivity contribution in [2.24, 2.45) is 0 Å². The molecule has 1 fully saturated rings. The fourth-order valence-corrected chi connectivity index (χ4v) is 3.69. The number of nitrogens with zero attached hydrogens (tertiary/aromatic N) is 1. The number of hydrogen-bond acceptors (Lipinski definition) is 2. The number of hydrazone groups is 1. The molecule has 2 N–H and O–H groups in total. The lowest BCUT2D eigenvalue weighted by Crippen LogP contribution is -2.42. The van der Waals surface area contributed by atoms with Crippen molar-refractivity contribution in [2.75, 3.05) is 0 Å². The van der Waals surface area contributed by atoms with Crippen molar-refractivity contribution in [3.05, 3.63) is 106 Å². The minimum Gasteiger partial charge on any atom is -0.334 e. The van der Waals surface area contributed by atoms with Crippen LogP contribution in [0.2, 0.25) is 5.02 Å². The number of rotatable bonds is 4. The number of amides is 2. The van der Waals surface area contributed by atoms with E-state index in [1.807, 2.05) is 25.1 Å². The first-order valence-electron chi connectivity index (χ1n) is 9.73. The van der Waals surface area contributed by atoms with Gasteiger partial charge in [-0.1, -0.05) is 41.4 Å². The Morgan fingerprint density at radius 2 is 1.81 bits per heavy atom. The van der Waals surface area contributed by atoms with E-state index in [4.69, 9.17) is 11.6 Å². The van der Waals surface area contributed by atoms with Gasteiger partial charge in [-0.15, -0.1) is 10.1 Å². The lowest BCUT2D eigenvalue weighted by atomic mass is 9.99. The van der Waals surface area contributed by atoms with E-state index in [9.17, 15) is 14.0 Å². The summed E-state index contributed by atoms with van der Waals surface area (Å²) in [6, 6.07) is 18.8. The molecule has 5 nitrogen and oxygen atoms in total. The van der Waals surface area contributed by atoms with Crippen LogP contribution in [0.3, 0.4) is 0 Å². The Morgan fingerprint density at radius 3 is 2.48 bits per heavy atom. The van der Waals surface area contributed by atoms with E-state index in [0.717, 1.165) is 11.1 Å². The van der Waals surface area contributed by atoms with Gasteiger partial charge >= 0.3 is 5.91 Å². The number of halogens is 2. The molecule has 0 unspecified atom stereocenters. The lowest BCUT2D eigenvalue weighted by molar-refractivity contribution is -0.596. The first-order chi connectivity index (χ1) is 14.9. The first kappa shape index (κ1) is 20.8. The molecule has 1 heterocycles. The summed E-state index contributed by atoms with van der Waals surface area (Å²) in [6.45, 7) is 1.90. The molecule has 156 valence electrons. The predicted octanol–water partition coefficient (Wildman–Crippen LogP) is 3.80. The third kappa shape index (κ3) is 4.64. The zero-order chi connectivity index (χ0) is 22.0. The van der Waals surface area contributed by atoms with Gasteiger partial charge in [0.2, 0.25) is 12.3 Å². The topological polar surface area (TPSA) is 61.2 Å².